The van der Waals surface area contributed by atoms with Crippen LogP contribution in [0.4, 0.5) is 0 Å². The molecular formula is C31H25NO2. The van der Waals surface area contributed by atoms with Gasteiger partial charge >= 0.3 is 0 Å². The number of nitrogens with zero attached hydrogens (tertiary/aromatic N) is 1. The molecule has 34 heavy (non-hydrogen) atoms. The minimum atomic E-state index is -1.43. The van der Waals surface area contributed by atoms with Gasteiger partial charge in [0.05, 0.1) is 0 Å². The van der Waals surface area contributed by atoms with Gasteiger partial charge in [-0.25, -0.2) is 0 Å². The van der Waals surface area contributed by atoms with Gasteiger partial charge in [0.1, 0.15) is 17.4 Å². The van der Waals surface area contributed by atoms with Crippen molar-refractivity contribution in [3.05, 3.63) is 150 Å². The lowest BCUT2D eigenvalue weighted by molar-refractivity contribution is 0.0523. The molecule has 0 heterocycles. The fourth-order valence-corrected chi connectivity index (χ4v) is 4.51. The van der Waals surface area contributed by atoms with Gasteiger partial charge in [-0.1, -0.05) is 121 Å². The number of phenolic OH excluding ortho intramolecular Hbond substituents is 1. The molecule has 0 unspecified atom stereocenters. The summed E-state index contributed by atoms with van der Waals surface area (Å²) < 4.78 is 0. The molecule has 0 aliphatic heterocycles. The number of hydrogen-bond acceptors (Lipinski definition) is 3. The first-order chi connectivity index (χ1) is 16.7. The lowest BCUT2D eigenvalue weighted by Gasteiger charge is -2.35. The Kier molecular flexibility index (Phi) is 5.94. The minimum Gasteiger partial charge on any atom is -0.507 e. The van der Waals surface area contributed by atoms with Crippen molar-refractivity contribution in [2.45, 2.75) is 11.6 Å². The van der Waals surface area contributed by atoms with Gasteiger partial charge in [-0.2, -0.15) is 0 Å². The van der Waals surface area contributed by atoms with E-state index in [0.29, 0.717) is 5.56 Å². The maximum atomic E-state index is 12.5. The Morgan fingerprint density at radius 3 is 1.76 bits per heavy atom. The van der Waals surface area contributed by atoms with Gasteiger partial charge in [-0.3, -0.25) is 4.99 Å². The molecule has 5 aromatic rings. The number of benzene rings is 5. The number of hydrogen-bond donors (Lipinski definition) is 2. The topological polar surface area (TPSA) is 52.8 Å². The smallest absolute Gasteiger partial charge is 0.141 e. The van der Waals surface area contributed by atoms with E-state index in [1.54, 1.807) is 12.3 Å². The van der Waals surface area contributed by atoms with Crippen LogP contribution in [0.3, 0.4) is 0 Å². The zero-order valence-electron chi connectivity index (χ0n) is 18.6. The van der Waals surface area contributed by atoms with Crippen LogP contribution in [0.15, 0.2) is 132 Å². The summed E-state index contributed by atoms with van der Waals surface area (Å²) in [6.45, 7) is 0. The third-order valence-electron chi connectivity index (χ3n) is 6.24. The second-order valence-electron chi connectivity index (χ2n) is 8.31. The van der Waals surface area contributed by atoms with Crippen LogP contribution in [0.25, 0.3) is 10.8 Å². The highest BCUT2D eigenvalue weighted by Gasteiger charge is 2.41. The van der Waals surface area contributed by atoms with Crippen LogP contribution in [0.5, 0.6) is 5.75 Å². The number of rotatable bonds is 6. The Balaban J connectivity index is 1.73. The number of aromatic hydroxyl groups is 1. The molecule has 166 valence electrons. The van der Waals surface area contributed by atoms with Crippen LogP contribution in [0.1, 0.15) is 28.3 Å². The molecule has 0 fully saturated rings. The second-order valence-corrected chi connectivity index (χ2v) is 8.31. The van der Waals surface area contributed by atoms with Crippen LogP contribution >= 0.6 is 0 Å². The number of aliphatic imine (C=N–C) groups is 1. The summed E-state index contributed by atoms with van der Waals surface area (Å²) in [6.07, 6.45) is 1.69. The maximum absolute atomic E-state index is 12.5. The Labute approximate surface area is 199 Å². The van der Waals surface area contributed by atoms with Crippen molar-refractivity contribution in [3.63, 3.8) is 0 Å². The Hall–Kier alpha value is -4.21. The summed E-state index contributed by atoms with van der Waals surface area (Å²) in [5, 5.41) is 25.0. The summed E-state index contributed by atoms with van der Waals surface area (Å²) in [6, 6.07) is 39.8. The van der Waals surface area contributed by atoms with Gasteiger partial charge in [0.2, 0.25) is 0 Å². The number of fused-ring (bicyclic) bond motifs is 1. The van der Waals surface area contributed by atoms with E-state index in [-0.39, 0.29) is 5.75 Å². The molecule has 5 rings (SSSR count). The van der Waals surface area contributed by atoms with Crippen LogP contribution in [-0.2, 0) is 5.60 Å². The molecule has 0 saturated carbocycles. The third kappa shape index (κ3) is 3.98. The normalized spacial score (nSPS) is 12.7. The van der Waals surface area contributed by atoms with E-state index in [1.807, 2.05) is 121 Å². The lowest BCUT2D eigenvalue weighted by atomic mass is 9.77. The summed E-state index contributed by atoms with van der Waals surface area (Å²) in [7, 11) is 0. The first kappa shape index (κ1) is 21.6. The Bertz CT molecular complexity index is 1370. The second kappa shape index (κ2) is 9.34. The highest BCUT2D eigenvalue weighted by molar-refractivity contribution is 6.02. The molecule has 0 bridgehead atoms. The summed E-state index contributed by atoms with van der Waals surface area (Å²) >= 11 is 0. The number of aliphatic hydroxyl groups is 1. The molecule has 2 N–H and O–H groups in total. The first-order valence-corrected chi connectivity index (χ1v) is 11.3. The van der Waals surface area contributed by atoms with Crippen molar-refractivity contribution in [2.24, 2.45) is 4.99 Å². The van der Waals surface area contributed by atoms with Crippen LogP contribution in [0, 0.1) is 0 Å². The van der Waals surface area contributed by atoms with E-state index >= 15 is 0 Å². The van der Waals surface area contributed by atoms with Gasteiger partial charge in [-0.15, -0.1) is 0 Å². The van der Waals surface area contributed by atoms with Gasteiger partial charge < -0.3 is 10.2 Å². The zero-order valence-corrected chi connectivity index (χ0v) is 18.6. The standard InChI is InChI=1S/C31H25NO2/c33-29-21-20-23-12-10-11-19-27(23)28(29)22-32-30(24-13-4-1-5-14-24)31(34,25-15-6-2-7-16-25)26-17-8-3-9-18-26/h1-22,30,33-34H/t30-/m0/s1. The molecule has 3 heteroatoms. The average molecular weight is 444 g/mol. The molecule has 0 aliphatic rings. The Morgan fingerprint density at radius 1 is 0.618 bits per heavy atom. The van der Waals surface area contributed by atoms with E-state index in [4.69, 9.17) is 4.99 Å². The Morgan fingerprint density at radius 2 is 1.15 bits per heavy atom. The quantitative estimate of drug-likeness (QED) is 0.289. The molecule has 0 aliphatic carbocycles. The summed E-state index contributed by atoms with van der Waals surface area (Å²) in [5.41, 5.74) is 1.56. The molecule has 5 aromatic carbocycles. The van der Waals surface area contributed by atoms with Gasteiger partial charge in [0, 0.05) is 11.8 Å². The maximum Gasteiger partial charge on any atom is 0.141 e. The molecule has 3 nitrogen and oxygen atoms in total. The van der Waals surface area contributed by atoms with Crippen LogP contribution < -0.4 is 0 Å². The highest BCUT2D eigenvalue weighted by Crippen LogP contribution is 2.43. The minimum absolute atomic E-state index is 0.150. The van der Waals surface area contributed by atoms with Crippen molar-refractivity contribution < 1.29 is 10.2 Å². The van der Waals surface area contributed by atoms with Crippen molar-refractivity contribution in [1.29, 1.82) is 0 Å². The summed E-state index contributed by atoms with van der Waals surface area (Å²) in [4.78, 5) is 4.97. The molecular weight excluding hydrogens is 418 g/mol. The average Bonchev–Trinajstić information content (AvgIpc) is 2.91. The predicted molar refractivity (Wildman–Crippen MR) is 138 cm³/mol. The van der Waals surface area contributed by atoms with Gasteiger partial charge in [0.25, 0.3) is 0 Å². The molecule has 1 atom stereocenters. The largest absolute Gasteiger partial charge is 0.507 e. The molecule has 0 radical (unpaired) electrons. The fourth-order valence-electron chi connectivity index (χ4n) is 4.51. The third-order valence-corrected chi connectivity index (χ3v) is 6.24. The zero-order chi connectivity index (χ0) is 23.4. The highest BCUT2D eigenvalue weighted by atomic mass is 16.3. The monoisotopic (exact) mass is 443 g/mol. The van der Waals surface area contributed by atoms with Crippen molar-refractivity contribution in [2.75, 3.05) is 0 Å². The van der Waals surface area contributed by atoms with E-state index in [0.717, 1.165) is 27.5 Å². The SMILES string of the molecule is Oc1ccc2ccccc2c1C=N[C@@H](c1ccccc1)C(O)(c1ccccc1)c1ccccc1. The molecule has 0 spiro atoms. The van der Waals surface area contributed by atoms with E-state index < -0.39 is 11.6 Å². The van der Waals surface area contributed by atoms with Crippen LogP contribution in [0.2, 0.25) is 0 Å². The number of phenols is 1. The predicted octanol–water partition coefficient (Wildman–Crippen LogP) is 6.64. The van der Waals surface area contributed by atoms with E-state index in [2.05, 4.69) is 0 Å². The fraction of sp³-hybridized carbons (Fsp3) is 0.0645. The lowest BCUT2D eigenvalue weighted by Crippen LogP contribution is -2.34. The van der Waals surface area contributed by atoms with Gasteiger partial charge in [0.15, 0.2) is 0 Å². The van der Waals surface area contributed by atoms with Crippen molar-refractivity contribution in [3.8, 4) is 5.75 Å². The summed E-state index contributed by atoms with van der Waals surface area (Å²) in [5.74, 6) is 0.150. The molecule has 0 aromatic heterocycles. The van der Waals surface area contributed by atoms with Crippen molar-refractivity contribution >= 4 is 17.0 Å². The first-order valence-electron chi connectivity index (χ1n) is 11.3. The molecule has 0 saturated heterocycles. The van der Waals surface area contributed by atoms with E-state index in [1.165, 1.54) is 0 Å². The van der Waals surface area contributed by atoms with E-state index in [9.17, 15) is 10.2 Å². The van der Waals surface area contributed by atoms with Gasteiger partial charge in [-0.05, 0) is 33.5 Å². The molecule has 0 amide bonds. The van der Waals surface area contributed by atoms with Crippen LogP contribution in [-0.4, -0.2) is 16.4 Å². The van der Waals surface area contributed by atoms with Crippen molar-refractivity contribution in [1.82, 2.24) is 0 Å².